The fourth-order valence-electron chi connectivity index (χ4n) is 4.13. The van der Waals surface area contributed by atoms with Gasteiger partial charge in [-0.3, -0.25) is 25.2 Å². The monoisotopic (exact) mass is 486 g/mol. The number of hydrogen-bond acceptors (Lipinski definition) is 4. The van der Waals surface area contributed by atoms with Gasteiger partial charge in [0.15, 0.2) is 5.11 Å². The van der Waals surface area contributed by atoms with Crippen LogP contribution < -0.4 is 16.2 Å². The van der Waals surface area contributed by atoms with Gasteiger partial charge in [0, 0.05) is 19.5 Å². The van der Waals surface area contributed by atoms with Crippen molar-refractivity contribution in [3.63, 3.8) is 0 Å². The van der Waals surface area contributed by atoms with E-state index in [2.05, 4.69) is 16.2 Å². The van der Waals surface area contributed by atoms with Gasteiger partial charge in [-0.2, -0.15) is 0 Å². The third-order valence-electron chi connectivity index (χ3n) is 5.87. The van der Waals surface area contributed by atoms with Gasteiger partial charge >= 0.3 is 0 Å². The van der Waals surface area contributed by atoms with Gasteiger partial charge in [0.1, 0.15) is 0 Å². The van der Waals surface area contributed by atoms with Crippen LogP contribution in [-0.4, -0.2) is 34.3 Å². The molecule has 0 bridgehead atoms. The van der Waals surface area contributed by atoms with Crippen LogP contribution >= 0.6 is 12.2 Å². The van der Waals surface area contributed by atoms with Crippen molar-refractivity contribution < 1.29 is 14.4 Å². The Hall–Kier alpha value is -4.04. The van der Waals surface area contributed by atoms with Crippen molar-refractivity contribution in [1.29, 1.82) is 0 Å². The van der Waals surface area contributed by atoms with Crippen molar-refractivity contribution in [3.8, 4) is 0 Å². The van der Waals surface area contributed by atoms with Crippen molar-refractivity contribution in [2.24, 2.45) is 5.92 Å². The van der Waals surface area contributed by atoms with Crippen LogP contribution in [0.15, 0.2) is 91.0 Å². The molecule has 3 aromatic rings. The van der Waals surface area contributed by atoms with Crippen molar-refractivity contribution in [2.75, 3.05) is 6.54 Å². The molecule has 1 atom stereocenters. The van der Waals surface area contributed by atoms with Gasteiger partial charge in [-0.1, -0.05) is 91.0 Å². The largest absolute Gasteiger partial charge is 0.338 e. The van der Waals surface area contributed by atoms with E-state index in [0.717, 1.165) is 16.7 Å². The average molecular weight is 487 g/mol. The third kappa shape index (κ3) is 6.30. The molecule has 3 aromatic carbocycles. The molecule has 0 saturated carbocycles. The first-order valence-corrected chi connectivity index (χ1v) is 11.7. The maximum atomic E-state index is 13.1. The first-order chi connectivity index (χ1) is 17.0. The van der Waals surface area contributed by atoms with E-state index in [1.807, 2.05) is 91.0 Å². The predicted molar refractivity (Wildman–Crippen MR) is 137 cm³/mol. The van der Waals surface area contributed by atoms with E-state index < -0.39 is 11.8 Å². The van der Waals surface area contributed by atoms with Crippen LogP contribution in [0.4, 0.5) is 0 Å². The van der Waals surface area contributed by atoms with Crippen LogP contribution in [-0.2, 0) is 20.9 Å². The number of nitrogens with one attached hydrogen (secondary N) is 3. The first kappa shape index (κ1) is 24.1. The van der Waals surface area contributed by atoms with E-state index in [1.54, 1.807) is 4.90 Å². The number of rotatable bonds is 6. The highest BCUT2D eigenvalue weighted by Crippen LogP contribution is 2.24. The maximum Gasteiger partial charge on any atom is 0.243 e. The summed E-state index contributed by atoms with van der Waals surface area (Å²) in [7, 11) is 0. The number of carbonyl (C=O) groups excluding carboxylic acids is 3. The molecule has 1 heterocycles. The standard InChI is InChI=1S/C27H26N4O3S/c32-23-16-22(18-31(23)17-19-10-4-1-5-11-19)25(33)29-30-27(35)28-26(34)24(20-12-6-2-7-13-20)21-14-8-3-9-15-21/h1-15,22,24H,16-18H2,(H,29,33)(H2,28,30,34,35). The van der Waals surface area contributed by atoms with Gasteiger partial charge in [0.25, 0.3) is 0 Å². The van der Waals surface area contributed by atoms with Crippen LogP contribution in [0.2, 0.25) is 0 Å². The molecule has 1 saturated heterocycles. The summed E-state index contributed by atoms with van der Waals surface area (Å²) in [5, 5.41) is 2.64. The van der Waals surface area contributed by atoms with E-state index in [4.69, 9.17) is 12.2 Å². The summed E-state index contributed by atoms with van der Waals surface area (Å²) in [6.07, 6.45) is 0.129. The molecule has 1 aliphatic heterocycles. The molecule has 0 aliphatic carbocycles. The van der Waals surface area contributed by atoms with Crippen LogP contribution in [0.3, 0.4) is 0 Å². The number of nitrogens with zero attached hydrogens (tertiary/aromatic N) is 1. The summed E-state index contributed by atoms with van der Waals surface area (Å²) in [6, 6.07) is 28.4. The minimum atomic E-state index is -0.563. The topological polar surface area (TPSA) is 90.5 Å². The van der Waals surface area contributed by atoms with Gasteiger partial charge in [-0.15, -0.1) is 0 Å². The molecule has 0 aromatic heterocycles. The zero-order valence-electron chi connectivity index (χ0n) is 19.0. The number of hydrogen-bond donors (Lipinski definition) is 3. The normalized spacial score (nSPS) is 15.1. The summed E-state index contributed by atoms with van der Waals surface area (Å²) in [6.45, 7) is 0.788. The fourth-order valence-corrected chi connectivity index (χ4v) is 4.28. The Bertz CT molecular complexity index is 1150. The summed E-state index contributed by atoms with van der Waals surface area (Å²) < 4.78 is 0. The molecule has 3 N–H and O–H groups in total. The molecule has 178 valence electrons. The van der Waals surface area contributed by atoms with Crippen molar-refractivity contribution in [1.82, 2.24) is 21.1 Å². The predicted octanol–water partition coefficient (Wildman–Crippen LogP) is 2.89. The average Bonchev–Trinajstić information content (AvgIpc) is 3.24. The minimum Gasteiger partial charge on any atom is -0.338 e. The summed E-state index contributed by atoms with van der Waals surface area (Å²) >= 11 is 5.24. The van der Waals surface area contributed by atoms with Crippen molar-refractivity contribution in [3.05, 3.63) is 108 Å². The summed E-state index contributed by atoms with van der Waals surface area (Å²) in [5.74, 6) is -1.81. The molecule has 1 fully saturated rings. The number of amides is 3. The Labute approximate surface area is 209 Å². The number of likely N-dealkylation sites (tertiary alicyclic amines) is 1. The zero-order valence-corrected chi connectivity index (χ0v) is 19.8. The minimum absolute atomic E-state index is 0.0225. The number of thiocarbonyl (C=S) groups is 1. The van der Waals surface area contributed by atoms with Crippen LogP contribution in [0.1, 0.15) is 29.0 Å². The Morgan fingerprint density at radius 2 is 1.40 bits per heavy atom. The summed E-state index contributed by atoms with van der Waals surface area (Å²) in [5.41, 5.74) is 7.79. The van der Waals surface area contributed by atoms with E-state index in [-0.39, 0.29) is 29.3 Å². The summed E-state index contributed by atoms with van der Waals surface area (Å²) in [4.78, 5) is 39.8. The van der Waals surface area contributed by atoms with E-state index in [0.29, 0.717) is 13.1 Å². The fraction of sp³-hybridized carbons (Fsp3) is 0.185. The van der Waals surface area contributed by atoms with E-state index >= 15 is 0 Å². The van der Waals surface area contributed by atoms with Gasteiger partial charge < -0.3 is 10.2 Å². The van der Waals surface area contributed by atoms with Crippen LogP contribution in [0.25, 0.3) is 0 Å². The van der Waals surface area contributed by atoms with Gasteiger partial charge in [-0.25, -0.2) is 0 Å². The van der Waals surface area contributed by atoms with Gasteiger partial charge in [-0.05, 0) is 28.9 Å². The molecule has 8 heteroatoms. The third-order valence-corrected chi connectivity index (χ3v) is 6.07. The molecule has 1 unspecified atom stereocenters. The molecule has 0 radical (unpaired) electrons. The first-order valence-electron chi connectivity index (χ1n) is 11.3. The molecule has 1 aliphatic rings. The Kier molecular flexibility index (Phi) is 7.84. The SMILES string of the molecule is O=C(NNC(=S)NC(=O)C(c1ccccc1)c1ccccc1)C1CC(=O)N(Cc2ccccc2)C1. The lowest BCUT2D eigenvalue weighted by Crippen LogP contribution is -2.51. The Morgan fingerprint density at radius 1 is 0.857 bits per heavy atom. The second kappa shape index (κ2) is 11.4. The highest BCUT2D eigenvalue weighted by atomic mass is 32.1. The quantitative estimate of drug-likeness (QED) is 0.368. The zero-order chi connectivity index (χ0) is 24.6. The smallest absolute Gasteiger partial charge is 0.243 e. The Morgan fingerprint density at radius 3 is 1.97 bits per heavy atom. The van der Waals surface area contributed by atoms with Crippen LogP contribution in [0, 0.1) is 5.92 Å². The number of benzene rings is 3. The molecule has 7 nitrogen and oxygen atoms in total. The maximum absolute atomic E-state index is 13.1. The lowest BCUT2D eigenvalue weighted by Gasteiger charge is -2.19. The molecular weight excluding hydrogens is 460 g/mol. The van der Waals surface area contributed by atoms with E-state index in [1.165, 1.54) is 0 Å². The van der Waals surface area contributed by atoms with Crippen molar-refractivity contribution >= 4 is 35.1 Å². The molecule has 3 amide bonds. The Balaban J connectivity index is 1.31. The van der Waals surface area contributed by atoms with E-state index in [9.17, 15) is 14.4 Å². The van der Waals surface area contributed by atoms with Crippen molar-refractivity contribution in [2.45, 2.75) is 18.9 Å². The lowest BCUT2D eigenvalue weighted by atomic mass is 9.90. The molecule has 35 heavy (non-hydrogen) atoms. The number of carbonyl (C=O) groups is 3. The molecule has 4 rings (SSSR count). The second-order valence-corrected chi connectivity index (χ2v) is 8.76. The van der Waals surface area contributed by atoms with Gasteiger partial charge in [0.2, 0.25) is 17.7 Å². The highest BCUT2D eigenvalue weighted by Gasteiger charge is 2.34. The highest BCUT2D eigenvalue weighted by molar-refractivity contribution is 7.80. The number of hydrazine groups is 1. The molecular formula is C27H26N4O3S. The second-order valence-electron chi connectivity index (χ2n) is 8.35. The van der Waals surface area contributed by atoms with Gasteiger partial charge in [0.05, 0.1) is 11.8 Å². The van der Waals surface area contributed by atoms with Crippen LogP contribution in [0.5, 0.6) is 0 Å². The molecule has 0 spiro atoms. The lowest BCUT2D eigenvalue weighted by molar-refractivity contribution is -0.129.